The molecule has 1 aliphatic carbocycles. The summed E-state index contributed by atoms with van der Waals surface area (Å²) in [7, 11) is 4.08. The Labute approximate surface area is 152 Å². The Morgan fingerprint density at radius 1 is 1.20 bits per heavy atom. The molecule has 1 aliphatic rings. The maximum Gasteiger partial charge on any atom is 0.233 e. The van der Waals surface area contributed by atoms with Crippen LogP contribution in [0.25, 0.3) is 0 Å². The number of hydrogen-bond donors (Lipinski definition) is 1. The Kier molecular flexibility index (Phi) is 7.03. The lowest BCUT2D eigenvalue weighted by molar-refractivity contribution is -0.146. The van der Waals surface area contributed by atoms with Crippen molar-refractivity contribution in [1.82, 2.24) is 9.80 Å². The second kappa shape index (κ2) is 8.81. The van der Waals surface area contributed by atoms with Crippen molar-refractivity contribution in [2.24, 2.45) is 5.92 Å². The molecule has 0 radical (unpaired) electrons. The molecule has 0 unspecified atom stereocenters. The van der Waals surface area contributed by atoms with Gasteiger partial charge in [0.25, 0.3) is 0 Å². The fraction of sp³-hybridized carbons (Fsp3) is 0.667. The van der Waals surface area contributed by atoms with Gasteiger partial charge in [-0.1, -0.05) is 43.2 Å². The third-order valence-electron chi connectivity index (χ3n) is 5.63. The number of aliphatic hydroxyl groups is 1. The van der Waals surface area contributed by atoms with E-state index in [1.807, 2.05) is 63.2 Å². The summed E-state index contributed by atoms with van der Waals surface area (Å²) >= 11 is 0. The maximum absolute atomic E-state index is 13.4. The lowest BCUT2D eigenvalue weighted by Crippen LogP contribution is -2.54. The lowest BCUT2D eigenvalue weighted by Gasteiger charge is -2.46. The van der Waals surface area contributed by atoms with Crippen LogP contribution < -0.4 is 0 Å². The summed E-state index contributed by atoms with van der Waals surface area (Å²) in [4.78, 5) is 17.4. The standard InChI is InChI=1S/C21H34N2O2/c1-5-23(6-2)20(24)19(17-12-8-7-9-13-17)21(25)15-11-10-14-18(21)16-22(3)4/h7-9,12-13,18-19,25H,5-6,10-11,14-16H2,1-4H3/t18-,19-,21+/m1/s1. The first-order chi connectivity index (χ1) is 11.9. The van der Waals surface area contributed by atoms with E-state index in [9.17, 15) is 9.90 Å². The van der Waals surface area contributed by atoms with Crippen LogP contribution in [0.15, 0.2) is 30.3 Å². The minimum Gasteiger partial charge on any atom is -0.388 e. The number of benzene rings is 1. The second-order valence-corrected chi connectivity index (χ2v) is 7.55. The average molecular weight is 347 g/mol. The first-order valence-electron chi connectivity index (χ1n) is 9.64. The van der Waals surface area contributed by atoms with Gasteiger partial charge in [-0.05, 0) is 46.3 Å². The zero-order valence-electron chi connectivity index (χ0n) is 16.2. The molecule has 2 rings (SSSR count). The minimum atomic E-state index is -0.983. The van der Waals surface area contributed by atoms with Gasteiger partial charge in [0.15, 0.2) is 0 Å². The van der Waals surface area contributed by atoms with E-state index >= 15 is 0 Å². The summed E-state index contributed by atoms with van der Waals surface area (Å²) in [5, 5.41) is 11.8. The predicted molar refractivity (Wildman–Crippen MR) is 103 cm³/mol. The number of rotatable bonds is 7. The number of likely N-dealkylation sites (N-methyl/N-ethyl adjacent to an activating group) is 1. The van der Waals surface area contributed by atoms with E-state index in [1.54, 1.807) is 0 Å². The fourth-order valence-corrected chi connectivity index (χ4v) is 4.33. The van der Waals surface area contributed by atoms with Crippen LogP contribution in [-0.2, 0) is 4.79 Å². The zero-order valence-corrected chi connectivity index (χ0v) is 16.2. The first kappa shape index (κ1) is 19.9. The Bertz CT molecular complexity index is 542. The summed E-state index contributed by atoms with van der Waals surface area (Å²) in [6, 6.07) is 9.87. The van der Waals surface area contributed by atoms with Crippen molar-refractivity contribution in [1.29, 1.82) is 0 Å². The molecular weight excluding hydrogens is 312 g/mol. The lowest BCUT2D eigenvalue weighted by atomic mass is 9.65. The number of carbonyl (C=O) groups excluding carboxylic acids is 1. The van der Waals surface area contributed by atoms with E-state index in [4.69, 9.17) is 0 Å². The molecule has 0 heterocycles. The molecule has 0 bridgehead atoms. The summed E-state index contributed by atoms with van der Waals surface area (Å²) in [6.07, 6.45) is 3.78. The van der Waals surface area contributed by atoms with E-state index < -0.39 is 11.5 Å². The topological polar surface area (TPSA) is 43.8 Å². The molecule has 25 heavy (non-hydrogen) atoms. The molecule has 1 aromatic rings. The van der Waals surface area contributed by atoms with Crippen molar-refractivity contribution >= 4 is 5.91 Å². The third kappa shape index (κ3) is 4.42. The SMILES string of the molecule is CCN(CC)C(=O)[C@@H](c1ccccc1)[C@]1(O)CCCC[C@@H]1CN(C)C. The van der Waals surface area contributed by atoms with Crippen LogP contribution in [0.3, 0.4) is 0 Å². The monoisotopic (exact) mass is 346 g/mol. The van der Waals surface area contributed by atoms with Gasteiger partial charge in [0.05, 0.1) is 11.5 Å². The van der Waals surface area contributed by atoms with E-state index in [2.05, 4.69) is 4.90 Å². The number of nitrogens with zero attached hydrogens (tertiary/aromatic N) is 2. The molecule has 0 spiro atoms. The van der Waals surface area contributed by atoms with Crippen LogP contribution >= 0.6 is 0 Å². The molecule has 4 nitrogen and oxygen atoms in total. The zero-order chi connectivity index (χ0) is 18.4. The second-order valence-electron chi connectivity index (χ2n) is 7.55. The van der Waals surface area contributed by atoms with E-state index in [-0.39, 0.29) is 11.8 Å². The molecular formula is C21H34N2O2. The van der Waals surface area contributed by atoms with E-state index in [0.717, 1.165) is 31.4 Å². The van der Waals surface area contributed by atoms with Crippen LogP contribution in [0.2, 0.25) is 0 Å². The fourth-order valence-electron chi connectivity index (χ4n) is 4.33. The number of amides is 1. The Hall–Kier alpha value is -1.39. The highest BCUT2D eigenvalue weighted by atomic mass is 16.3. The normalized spacial score (nSPS) is 25.0. The van der Waals surface area contributed by atoms with E-state index in [1.165, 1.54) is 0 Å². The highest BCUT2D eigenvalue weighted by Crippen LogP contribution is 2.45. The molecule has 3 atom stereocenters. The Morgan fingerprint density at radius 3 is 2.40 bits per heavy atom. The molecule has 0 aliphatic heterocycles. The molecule has 1 saturated carbocycles. The van der Waals surface area contributed by atoms with Gasteiger partial charge in [-0.25, -0.2) is 0 Å². The van der Waals surface area contributed by atoms with Gasteiger partial charge < -0.3 is 14.9 Å². The Morgan fingerprint density at radius 2 is 1.84 bits per heavy atom. The molecule has 4 heteroatoms. The Balaban J connectivity index is 2.46. The highest BCUT2D eigenvalue weighted by molar-refractivity contribution is 5.85. The van der Waals surface area contributed by atoms with Crippen molar-refractivity contribution in [2.45, 2.75) is 51.0 Å². The van der Waals surface area contributed by atoms with Crippen molar-refractivity contribution in [3.63, 3.8) is 0 Å². The number of carbonyl (C=O) groups is 1. The summed E-state index contributed by atoms with van der Waals surface area (Å²) < 4.78 is 0. The third-order valence-corrected chi connectivity index (χ3v) is 5.63. The van der Waals surface area contributed by atoms with Crippen molar-refractivity contribution in [2.75, 3.05) is 33.7 Å². The largest absolute Gasteiger partial charge is 0.388 e. The van der Waals surface area contributed by atoms with Gasteiger partial charge in [0.2, 0.25) is 5.91 Å². The molecule has 140 valence electrons. The quantitative estimate of drug-likeness (QED) is 0.825. The summed E-state index contributed by atoms with van der Waals surface area (Å²) in [5.41, 5.74) is -0.0450. The van der Waals surface area contributed by atoms with Gasteiger partial charge in [0, 0.05) is 25.6 Å². The maximum atomic E-state index is 13.4. The van der Waals surface area contributed by atoms with Crippen LogP contribution in [0.1, 0.15) is 51.0 Å². The summed E-state index contributed by atoms with van der Waals surface area (Å²) in [6.45, 7) is 6.17. The van der Waals surface area contributed by atoms with Gasteiger partial charge in [-0.15, -0.1) is 0 Å². The number of hydrogen-bond acceptors (Lipinski definition) is 3. The summed E-state index contributed by atoms with van der Waals surface area (Å²) in [5.74, 6) is -0.316. The molecule has 1 N–H and O–H groups in total. The van der Waals surface area contributed by atoms with E-state index in [0.29, 0.717) is 19.5 Å². The smallest absolute Gasteiger partial charge is 0.233 e. The highest BCUT2D eigenvalue weighted by Gasteiger charge is 2.49. The predicted octanol–water partition coefficient (Wildman–Crippen LogP) is 3.12. The van der Waals surface area contributed by atoms with Gasteiger partial charge in [-0.3, -0.25) is 4.79 Å². The first-order valence-corrected chi connectivity index (χ1v) is 9.64. The molecule has 0 saturated heterocycles. The van der Waals surface area contributed by atoms with Crippen molar-refractivity contribution in [3.8, 4) is 0 Å². The van der Waals surface area contributed by atoms with Gasteiger partial charge in [0.1, 0.15) is 0 Å². The molecule has 1 amide bonds. The van der Waals surface area contributed by atoms with Crippen molar-refractivity contribution in [3.05, 3.63) is 35.9 Å². The van der Waals surface area contributed by atoms with Crippen molar-refractivity contribution < 1.29 is 9.90 Å². The van der Waals surface area contributed by atoms with Gasteiger partial charge >= 0.3 is 0 Å². The van der Waals surface area contributed by atoms with Crippen LogP contribution in [0, 0.1) is 5.92 Å². The average Bonchev–Trinajstić information content (AvgIpc) is 2.59. The minimum absolute atomic E-state index is 0.0596. The van der Waals surface area contributed by atoms with Crippen LogP contribution in [0.4, 0.5) is 0 Å². The molecule has 1 aromatic carbocycles. The van der Waals surface area contributed by atoms with Crippen LogP contribution in [-0.4, -0.2) is 60.1 Å². The molecule has 1 fully saturated rings. The molecule has 0 aromatic heterocycles. The van der Waals surface area contributed by atoms with Crippen LogP contribution in [0.5, 0.6) is 0 Å². The van der Waals surface area contributed by atoms with Gasteiger partial charge in [-0.2, -0.15) is 0 Å².